The second-order valence-electron chi connectivity index (χ2n) is 9.50. The van der Waals surface area contributed by atoms with Crippen molar-refractivity contribution in [2.45, 2.75) is 64.8 Å². The van der Waals surface area contributed by atoms with Crippen molar-refractivity contribution in [3.8, 4) is 0 Å². The second kappa shape index (κ2) is 7.71. The van der Waals surface area contributed by atoms with Crippen LogP contribution in [0.3, 0.4) is 0 Å². The number of fused-ring (bicyclic) bond motifs is 5. The lowest BCUT2D eigenvalue weighted by Crippen LogP contribution is -2.40. The molecule has 0 aromatic rings. The second-order valence-corrected chi connectivity index (χ2v) is 9.50. The summed E-state index contributed by atoms with van der Waals surface area (Å²) in [5.74, 6) is -0.775. The minimum atomic E-state index is -0.629. The molecule has 0 amide bonds. The highest BCUT2D eigenvalue weighted by Crippen LogP contribution is 2.50. The van der Waals surface area contributed by atoms with Crippen LogP contribution in [-0.4, -0.2) is 41.1 Å². The van der Waals surface area contributed by atoms with Crippen LogP contribution in [0.2, 0.25) is 0 Å². The summed E-state index contributed by atoms with van der Waals surface area (Å²) in [6.07, 6.45) is 6.49. The maximum absolute atomic E-state index is 12.6. The zero-order valence-electron chi connectivity index (χ0n) is 17.2. The lowest BCUT2D eigenvalue weighted by molar-refractivity contribution is -0.156. The van der Waals surface area contributed by atoms with Crippen LogP contribution in [0.5, 0.6) is 0 Å². The molecule has 2 bridgehead atoms. The van der Waals surface area contributed by atoms with E-state index in [-0.39, 0.29) is 65.4 Å². The van der Waals surface area contributed by atoms with Crippen LogP contribution in [0.4, 0.5) is 0 Å². The Hall–Kier alpha value is -1.95. The zero-order chi connectivity index (χ0) is 20.9. The third-order valence-corrected chi connectivity index (χ3v) is 7.02. The Balaban J connectivity index is 1.68. The van der Waals surface area contributed by atoms with Crippen molar-refractivity contribution in [1.82, 2.24) is 0 Å². The van der Waals surface area contributed by atoms with Gasteiger partial charge >= 0.3 is 11.9 Å². The number of allylic oxidation sites excluding steroid dienone is 2. The molecule has 0 radical (unpaired) electrons. The highest BCUT2D eigenvalue weighted by atomic mass is 16.5. The van der Waals surface area contributed by atoms with E-state index in [1.165, 1.54) is 0 Å². The number of esters is 2. The average Bonchev–Trinajstić information content (AvgIpc) is 2.94. The van der Waals surface area contributed by atoms with Gasteiger partial charge in [0.25, 0.3) is 0 Å². The smallest absolute Gasteiger partial charge is 0.341 e. The third-order valence-electron chi connectivity index (χ3n) is 7.02. The molecule has 29 heavy (non-hydrogen) atoms. The van der Waals surface area contributed by atoms with E-state index in [0.29, 0.717) is 12.8 Å². The monoisotopic (exact) mass is 402 g/mol. The number of hydrogen-bond donors (Lipinski definition) is 1. The van der Waals surface area contributed by atoms with Crippen molar-refractivity contribution in [2.75, 3.05) is 0 Å². The fraction of sp³-hybridized carbons (Fsp3) is 0.696. The number of hydrogen-bond acceptors (Lipinski definition) is 6. The SMILES string of the molecule is CC(C)C(=O)O[C@@H]1[C@H]2C=C[C@@H]3C[C@@H](O)C[C@@H]4CC(=O)/C(=C/[C@@H]3[C@H]2C[C@@H]1C)C(=O)O4. The molecule has 1 saturated heterocycles. The van der Waals surface area contributed by atoms with Gasteiger partial charge in [0.05, 0.1) is 17.6 Å². The van der Waals surface area contributed by atoms with Gasteiger partial charge in [-0.3, -0.25) is 9.59 Å². The summed E-state index contributed by atoms with van der Waals surface area (Å²) in [5.41, 5.74) is 0.150. The van der Waals surface area contributed by atoms with Crippen LogP contribution in [0, 0.1) is 35.5 Å². The Morgan fingerprint density at radius 1 is 1.17 bits per heavy atom. The molecule has 6 heteroatoms. The molecular weight excluding hydrogens is 372 g/mol. The van der Waals surface area contributed by atoms with Crippen molar-refractivity contribution in [3.63, 3.8) is 0 Å². The number of aliphatic hydroxyl groups excluding tert-OH is 1. The number of carbonyl (C=O) groups excluding carboxylic acids is 3. The van der Waals surface area contributed by atoms with Gasteiger partial charge in [0, 0.05) is 18.8 Å². The normalized spacial score (nSPS) is 43.3. The Labute approximate surface area is 171 Å². The summed E-state index contributed by atoms with van der Waals surface area (Å²) >= 11 is 0. The highest BCUT2D eigenvalue weighted by molar-refractivity contribution is 6.18. The van der Waals surface area contributed by atoms with Gasteiger partial charge in [-0.2, -0.15) is 0 Å². The first-order valence-corrected chi connectivity index (χ1v) is 10.8. The average molecular weight is 402 g/mol. The van der Waals surface area contributed by atoms with Crippen molar-refractivity contribution < 1.29 is 29.0 Å². The van der Waals surface area contributed by atoms with E-state index >= 15 is 0 Å². The van der Waals surface area contributed by atoms with Crippen molar-refractivity contribution in [1.29, 1.82) is 0 Å². The number of ketones is 1. The first-order valence-electron chi connectivity index (χ1n) is 10.8. The lowest BCUT2D eigenvalue weighted by atomic mass is 9.68. The van der Waals surface area contributed by atoms with Crippen molar-refractivity contribution in [2.24, 2.45) is 35.5 Å². The van der Waals surface area contributed by atoms with Gasteiger partial charge in [0.2, 0.25) is 0 Å². The molecule has 8 atom stereocenters. The minimum Gasteiger partial charge on any atom is -0.461 e. The van der Waals surface area contributed by atoms with Gasteiger partial charge in [-0.25, -0.2) is 4.79 Å². The van der Waals surface area contributed by atoms with Gasteiger partial charge in [0.1, 0.15) is 12.2 Å². The summed E-state index contributed by atoms with van der Waals surface area (Å²) < 4.78 is 11.2. The first kappa shape index (κ1) is 20.3. The molecule has 0 aromatic heterocycles. The fourth-order valence-electron chi connectivity index (χ4n) is 5.56. The van der Waals surface area contributed by atoms with E-state index < -0.39 is 18.2 Å². The number of rotatable bonds is 2. The first-order chi connectivity index (χ1) is 13.7. The van der Waals surface area contributed by atoms with Gasteiger partial charge in [-0.15, -0.1) is 0 Å². The van der Waals surface area contributed by atoms with Gasteiger partial charge < -0.3 is 14.6 Å². The van der Waals surface area contributed by atoms with Crippen LogP contribution >= 0.6 is 0 Å². The predicted octanol–water partition coefficient (Wildman–Crippen LogP) is 2.59. The Bertz CT molecular complexity index is 745. The summed E-state index contributed by atoms with van der Waals surface area (Å²) in [4.78, 5) is 37.3. The maximum atomic E-state index is 12.6. The summed E-state index contributed by atoms with van der Waals surface area (Å²) in [7, 11) is 0. The molecule has 0 aromatic carbocycles. The number of aliphatic hydroxyl groups is 1. The maximum Gasteiger partial charge on any atom is 0.341 e. The lowest BCUT2D eigenvalue weighted by Gasteiger charge is -2.39. The molecule has 2 aliphatic heterocycles. The summed E-state index contributed by atoms with van der Waals surface area (Å²) in [6, 6.07) is 0. The Kier molecular flexibility index (Phi) is 5.40. The zero-order valence-corrected chi connectivity index (χ0v) is 17.2. The summed E-state index contributed by atoms with van der Waals surface area (Å²) in [5, 5.41) is 10.6. The Morgan fingerprint density at radius 2 is 1.93 bits per heavy atom. The van der Waals surface area contributed by atoms with Crippen LogP contribution in [0.1, 0.15) is 46.5 Å². The van der Waals surface area contributed by atoms with Crippen molar-refractivity contribution in [3.05, 3.63) is 23.8 Å². The molecule has 5 aliphatic rings. The third kappa shape index (κ3) is 3.79. The molecule has 3 aliphatic carbocycles. The number of carbonyl (C=O) groups is 3. The van der Waals surface area contributed by atoms with E-state index in [2.05, 4.69) is 19.1 Å². The molecule has 2 fully saturated rings. The number of Topliss-reactive ketones (excluding diaryl/α,β-unsaturated/α-hetero) is 1. The molecule has 2 heterocycles. The highest BCUT2D eigenvalue weighted by Gasteiger charge is 2.49. The Morgan fingerprint density at radius 3 is 2.62 bits per heavy atom. The molecule has 1 saturated carbocycles. The van der Waals surface area contributed by atoms with Crippen LogP contribution in [0.25, 0.3) is 0 Å². The van der Waals surface area contributed by atoms with Crippen molar-refractivity contribution >= 4 is 17.7 Å². The van der Waals surface area contributed by atoms with E-state index in [4.69, 9.17) is 9.47 Å². The molecule has 6 nitrogen and oxygen atoms in total. The standard InChI is InChI=1S/C23H30O6/c1-11(2)22(26)29-21-12(3)6-18-16(21)5-4-13-7-14(24)8-15-9-20(25)19(10-17(13)18)23(27)28-15/h4-5,10-18,21,24H,6-9H2,1-3H3/b19-10-/t12-,13+,14+,15+,16-,17-,18-,21-/m0/s1. The quantitative estimate of drug-likeness (QED) is 0.434. The molecule has 1 N–H and O–H groups in total. The van der Waals surface area contributed by atoms with Gasteiger partial charge in [-0.1, -0.05) is 39.0 Å². The topological polar surface area (TPSA) is 89.9 Å². The largest absolute Gasteiger partial charge is 0.461 e. The van der Waals surface area contributed by atoms with Gasteiger partial charge in [0.15, 0.2) is 5.78 Å². The van der Waals surface area contributed by atoms with E-state index in [0.717, 1.165) is 6.42 Å². The van der Waals surface area contributed by atoms with E-state index in [1.807, 2.05) is 13.8 Å². The molecular formula is C23H30O6. The van der Waals surface area contributed by atoms with Crippen LogP contribution in [0.15, 0.2) is 23.8 Å². The molecule has 0 spiro atoms. The molecule has 0 unspecified atom stereocenters. The number of ether oxygens (including phenoxy) is 2. The minimum absolute atomic E-state index is 0.0467. The predicted molar refractivity (Wildman–Crippen MR) is 104 cm³/mol. The van der Waals surface area contributed by atoms with Crippen LogP contribution in [-0.2, 0) is 23.9 Å². The van der Waals surface area contributed by atoms with Crippen LogP contribution < -0.4 is 0 Å². The summed E-state index contributed by atoms with van der Waals surface area (Å²) in [6.45, 7) is 5.74. The molecule has 158 valence electrons. The molecule has 5 rings (SSSR count). The fourth-order valence-corrected chi connectivity index (χ4v) is 5.56. The van der Waals surface area contributed by atoms with E-state index in [9.17, 15) is 19.5 Å². The van der Waals surface area contributed by atoms with Gasteiger partial charge in [-0.05, 0) is 36.5 Å². The van der Waals surface area contributed by atoms with E-state index in [1.54, 1.807) is 6.08 Å².